The minimum Gasteiger partial charge on any atom is -0.493 e. The third-order valence-corrected chi connectivity index (χ3v) is 8.49. The molecule has 3 heterocycles. The molecule has 1 aromatic heterocycles. The average Bonchev–Trinajstić information content (AvgIpc) is 3.40. The molecule has 40 heavy (non-hydrogen) atoms. The monoisotopic (exact) mass is 623 g/mol. The number of benzene rings is 2. The second-order valence-corrected chi connectivity index (χ2v) is 10.8. The van der Waals surface area contributed by atoms with Crippen LogP contribution in [0.3, 0.4) is 0 Å². The van der Waals surface area contributed by atoms with Crippen molar-refractivity contribution >= 4 is 50.4 Å². The molecule has 11 heteroatoms. The number of fused-ring (bicyclic) bond motifs is 2. The first kappa shape index (κ1) is 27.6. The van der Waals surface area contributed by atoms with Gasteiger partial charge < -0.3 is 19.1 Å². The number of nitrogens with zero attached hydrogens (tertiary/aromatic N) is 3. The van der Waals surface area contributed by atoms with Gasteiger partial charge in [0.1, 0.15) is 4.53 Å². The molecule has 0 radical (unpaired) electrons. The first-order chi connectivity index (χ1) is 19.3. The maximum absolute atomic E-state index is 14.3. The number of carbonyl (C=O) groups is 2. The Balaban J connectivity index is 1.85. The van der Waals surface area contributed by atoms with E-state index in [4.69, 9.17) is 14.2 Å². The summed E-state index contributed by atoms with van der Waals surface area (Å²) >= 11 is 4.72. The molecule has 0 spiro atoms. The van der Waals surface area contributed by atoms with Gasteiger partial charge in [0.05, 0.1) is 49.4 Å². The van der Waals surface area contributed by atoms with Crippen molar-refractivity contribution in [1.29, 1.82) is 0 Å². The average molecular weight is 625 g/mol. The molecule has 5 rings (SSSR count). The van der Waals surface area contributed by atoms with E-state index in [-0.39, 0.29) is 22.6 Å². The van der Waals surface area contributed by atoms with Crippen LogP contribution in [0.2, 0.25) is 0 Å². The quantitative estimate of drug-likeness (QED) is 0.295. The lowest BCUT2D eigenvalue weighted by atomic mass is 9.95. The van der Waals surface area contributed by atoms with E-state index in [9.17, 15) is 14.4 Å². The van der Waals surface area contributed by atoms with E-state index in [1.165, 1.54) is 18.8 Å². The number of hydrogen-bond donors (Lipinski definition) is 0. The molecule has 0 saturated carbocycles. The van der Waals surface area contributed by atoms with Gasteiger partial charge in [-0.05, 0) is 37.6 Å². The van der Waals surface area contributed by atoms with Crippen molar-refractivity contribution in [2.45, 2.75) is 19.9 Å². The van der Waals surface area contributed by atoms with Crippen LogP contribution in [-0.2, 0) is 14.3 Å². The van der Waals surface area contributed by atoms with Crippen LogP contribution in [0.4, 0.5) is 5.69 Å². The molecule has 2 aromatic carbocycles. The smallest absolute Gasteiger partial charge is 0.338 e. The molecular formula is C29H26BrN3O6S. The number of allylic oxidation sites excluding steroid dienone is 1. The first-order valence-corrected chi connectivity index (χ1v) is 14.0. The molecule has 2 aliphatic heterocycles. The van der Waals surface area contributed by atoms with Crippen LogP contribution in [0.5, 0.6) is 11.5 Å². The topological polar surface area (TPSA) is 99.4 Å². The Bertz CT molecular complexity index is 1790. The van der Waals surface area contributed by atoms with Crippen LogP contribution < -0.4 is 29.3 Å². The van der Waals surface area contributed by atoms with Crippen molar-refractivity contribution in [3.63, 3.8) is 0 Å². The summed E-state index contributed by atoms with van der Waals surface area (Å²) in [5, 5.41) is 0. The zero-order chi connectivity index (χ0) is 28.7. The van der Waals surface area contributed by atoms with Gasteiger partial charge in [0, 0.05) is 16.6 Å². The Morgan fingerprint density at radius 3 is 2.55 bits per heavy atom. The van der Waals surface area contributed by atoms with Crippen molar-refractivity contribution in [1.82, 2.24) is 4.57 Å². The standard InChI is InChI=1S/C29H26BrN3O6S/c1-6-12-32-19-11-9-8-10-16(19)23(26(32)34)25-27(35)33-24(17-13-20(37-4)21(38-5)14-18(17)30)22(28(36)39-7-2)15(3)31-29(33)40-25/h6,8-11,13-14,24H,1,7,12H2,2-5H3/b25-23+/t24-/m0/s1. The summed E-state index contributed by atoms with van der Waals surface area (Å²) in [7, 11) is 3.03. The SMILES string of the molecule is C=CCN1C(=O)/C(=c2/sc3n(c2=O)[C@@H](c2cc(OC)c(OC)cc2Br)C(C(=O)OCC)=C(C)N=3)c2ccccc21. The van der Waals surface area contributed by atoms with E-state index >= 15 is 0 Å². The van der Waals surface area contributed by atoms with Crippen LogP contribution in [0.1, 0.15) is 31.0 Å². The summed E-state index contributed by atoms with van der Waals surface area (Å²) in [5.74, 6) is 0.00875. The molecular weight excluding hydrogens is 598 g/mol. The molecule has 0 N–H and O–H groups in total. The summed E-state index contributed by atoms with van der Waals surface area (Å²) in [4.78, 5) is 47.8. The number of carbonyl (C=O) groups excluding carboxylic acids is 2. The van der Waals surface area contributed by atoms with E-state index in [1.54, 1.807) is 37.0 Å². The molecule has 1 amide bonds. The zero-order valence-corrected chi connectivity index (χ0v) is 24.7. The molecule has 0 aliphatic carbocycles. The minimum absolute atomic E-state index is 0.147. The molecule has 2 aliphatic rings. The highest BCUT2D eigenvalue weighted by molar-refractivity contribution is 9.10. The van der Waals surface area contributed by atoms with E-state index in [0.29, 0.717) is 55.4 Å². The van der Waals surface area contributed by atoms with Crippen LogP contribution in [0, 0.1) is 0 Å². The number of esters is 1. The van der Waals surface area contributed by atoms with Crippen LogP contribution >= 0.6 is 27.3 Å². The Morgan fingerprint density at radius 1 is 1.18 bits per heavy atom. The Labute approximate surface area is 242 Å². The highest BCUT2D eigenvalue weighted by Crippen LogP contribution is 2.41. The Morgan fingerprint density at radius 2 is 1.88 bits per heavy atom. The number of thiazole rings is 1. The van der Waals surface area contributed by atoms with Crippen molar-refractivity contribution in [3.8, 4) is 11.5 Å². The molecule has 0 bridgehead atoms. The fraction of sp³-hybridized carbons (Fsp3) is 0.241. The highest BCUT2D eigenvalue weighted by Gasteiger charge is 2.38. The van der Waals surface area contributed by atoms with Gasteiger partial charge in [-0.25, -0.2) is 9.79 Å². The predicted octanol–water partition coefficient (Wildman–Crippen LogP) is 3.48. The number of aromatic nitrogens is 1. The lowest BCUT2D eigenvalue weighted by molar-refractivity contribution is -0.139. The van der Waals surface area contributed by atoms with Crippen molar-refractivity contribution in [2.24, 2.45) is 4.99 Å². The van der Waals surface area contributed by atoms with Gasteiger partial charge >= 0.3 is 5.97 Å². The number of amides is 1. The number of methoxy groups -OCH3 is 2. The van der Waals surface area contributed by atoms with E-state index in [0.717, 1.165) is 11.3 Å². The molecule has 1 atom stereocenters. The summed E-state index contributed by atoms with van der Waals surface area (Å²) in [6.45, 7) is 7.63. The second kappa shape index (κ2) is 10.9. The Hall–Kier alpha value is -3.96. The first-order valence-electron chi connectivity index (χ1n) is 12.4. The van der Waals surface area contributed by atoms with Gasteiger partial charge in [0.25, 0.3) is 11.5 Å². The van der Waals surface area contributed by atoms with Gasteiger partial charge in [-0.15, -0.1) is 6.58 Å². The predicted molar refractivity (Wildman–Crippen MR) is 156 cm³/mol. The van der Waals surface area contributed by atoms with E-state index in [2.05, 4.69) is 27.5 Å². The van der Waals surface area contributed by atoms with Crippen molar-refractivity contribution in [3.05, 3.63) is 95.6 Å². The summed E-state index contributed by atoms with van der Waals surface area (Å²) in [5.41, 5.74) is 2.41. The number of anilines is 1. The summed E-state index contributed by atoms with van der Waals surface area (Å²) in [6.07, 6.45) is 1.64. The molecule has 3 aromatic rings. The normalized spacial score (nSPS) is 17.3. The third kappa shape index (κ3) is 4.29. The molecule has 9 nitrogen and oxygen atoms in total. The number of rotatable bonds is 7. The van der Waals surface area contributed by atoms with Crippen molar-refractivity contribution in [2.75, 3.05) is 32.3 Å². The fourth-order valence-electron chi connectivity index (χ4n) is 5.03. The fourth-order valence-corrected chi connectivity index (χ4v) is 6.70. The van der Waals surface area contributed by atoms with E-state index in [1.807, 2.05) is 24.3 Å². The van der Waals surface area contributed by atoms with Gasteiger partial charge in [0.2, 0.25) is 0 Å². The number of hydrogen-bond acceptors (Lipinski definition) is 8. The Kier molecular flexibility index (Phi) is 7.52. The molecule has 0 unspecified atom stereocenters. The number of ether oxygens (including phenoxy) is 3. The molecule has 0 saturated heterocycles. The molecule has 0 fully saturated rings. The van der Waals surface area contributed by atoms with Gasteiger partial charge in [-0.2, -0.15) is 0 Å². The van der Waals surface area contributed by atoms with Crippen LogP contribution in [0.15, 0.2) is 74.6 Å². The molecule has 206 valence electrons. The van der Waals surface area contributed by atoms with Gasteiger partial charge in [0.15, 0.2) is 16.3 Å². The summed E-state index contributed by atoms with van der Waals surface area (Å²) < 4.78 is 18.6. The lowest BCUT2D eigenvalue weighted by Crippen LogP contribution is -2.41. The van der Waals surface area contributed by atoms with Crippen molar-refractivity contribution < 1.29 is 23.8 Å². The van der Waals surface area contributed by atoms with Crippen LogP contribution in [-0.4, -0.2) is 43.8 Å². The third-order valence-electron chi connectivity index (χ3n) is 6.75. The summed E-state index contributed by atoms with van der Waals surface area (Å²) in [6, 6.07) is 9.86. The zero-order valence-electron chi connectivity index (χ0n) is 22.3. The largest absolute Gasteiger partial charge is 0.493 e. The second-order valence-electron chi connectivity index (χ2n) is 8.95. The number of para-hydroxylation sites is 1. The highest BCUT2D eigenvalue weighted by atomic mass is 79.9. The van der Waals surface area contributed by atoms with Gasteiger partial charge in [-0.3, -0.25) is 14.2 Å². The maximum atomic E-state index is 14.3. The lowest BCUT2D eigenvalue weighted by Gasteiger charge is -2.26. The number of halogens is 1. The van der Waals surface area contributed by atoms with Gasteiger partial charge in [-0.1, -0.05) is 51.5 Å². The minimum atomic E-state index is -0.908. The maximum Gasteiger partial charge on any atom is 0.338 e. The van der Waals surface area contributed by atoms with E-state index < -0.39 is 17.6 Å². The van der Waals surface area contributed by atoms with Crippen LogP contribution in [0.25, 0.3) is 5.57 Å².